The van der Waals surface area contributed by atoms with Crippen molar-refractivity contribution in [2.75, 3.05) is 19.8 Å². The molecule has 0 aromatic rings. The summed E-state index contributed by atoms with van der Waals surface area (Å²) >= 11 is 0. The SMILES string of the molecule is CCCC(CCOC(=O)OCCCCCCCCC(C)C)OC(=O)OCCCC(C)C. The third kappa shape index (κ3) is 21.6. The molecular formula is C25H48O6. The molecule has 0 heterocycles. The van der Waals surface area contributed by atoms with Crippen LogP contribution in [0.5, 0.6) is 0 Å². The van der Waals surface area contributed by atoms with Crippen LogP contribution in [0, 0.1) is 11.8 Å². The zero-order chi connectivity index (χ0) is 23.3. The van der Waals surface area contributed by atoms with Gasteiger partial charge in [0.15, 0.2) is 0 Å². The summed E-state index contributed by atoms with van der Waals surface area (Å²) in [6.07, 6.45) is 10.5. The molecule has 0 rings (SSSR count). The molecule has 0 fully saturated rings. The van der Waals surface area contributed by atoms with Gasteiger partial charge in [0, 0.05) is 6.42 Å². The summed E-state index contributed by atoms with van der Waals surface area (Å²) < 4.78 is 20.7. The van der Waals surface area contributed by atoms with Gasteiger partial charge in [-0.1, -0.05) is 79.6 Å². The number of carbonyl (C=O) groups excluding carboxylic acids is 2. The third-order valence-corrected chi connectivity index (χ3v) is 5.07. The van der Waals surface area contributed by atoms with E-state index in [2.05, 4.69) is 27.7 Å². The van der Waals surface area contributed by atoms with Gasteiger partial charge >= 0.3 is 12.3 Å². The van der Waals surface area contributed by atoms with E-state index in [1.807, 2.05) is 6.92 Å². The Hall–Kier alpha value is -1.46. The fourth-order valence-corrected chi connectivity index (χ4v) is 3.23. The maximum absolute atomic E-state index is 11.8. The van der Waals surface area contributed by atoms with Gasteiger partial charge in [0.05, 0.1) is 19.8 Å². The minimum atomic E-state index is -0.650. The molecule has 0 aliphatic rings. The summed E-state index contributed by atoms with van der Waals surface area (Å²) in [5, 5.41) is 0. The van der Waals surface area contributed by atoms with Gasteiger partial charge < -0.3 is 18.9 Å². The highest BCUT2D eigenvalue weighted by Gasteiger charge is 2.16. The molecule has 184 valence electrons. The van der Waals surface area contributed by atoms with Crippen LogP contribution >= 0.6 is 0 Å². The molecule has 0 saturated carbocycles. The van der Waals surface area contributed by atoms with Gasteiger partial charge in [0.25, 0.3) is 0 Å². The number of carbonyl (C=O) groups is 2. The van der Waals surface area contributed by atoms with E-state index in [4.69, 9.17) is 18.9 Å². The average molecular weight is 445 g/mol. The molecule has 0 radical (unpaired) electrons. The highest BCUT2D eigenvalue weighted by atomic mass is 16.7. The Kier molecular flexibility index (Phi) is 19.5. The summed E-state index contributed by atoms with van der Waals surface area (Å²) in [6, 6.07) is 0. The third-order valence-electron chi connectivity index (χ3n) is 5.07. The fraction of sp³-hybridized carbons (Fsp3) is 0.920. The molecule has 0 N–H and O–H groups in total. The molecule has 0 spiro atoms. The largest absolute Gasteiger partial charge is 0.508 e. The van der Waals surface area contributed by atoms with Crippen molar-refractivity contribution in [3.05, 3.63) is 0 Å². The van der Waals surface area contributed by atoms with E-state index in [1.165, 1.54) is 32.1 Å². The fourth-order valence-electron chi connectivity index (χ4n) is 3.23. The molecule has 6 nitrogen and oxygen atoms in total. The van der Waals surface area contributed by atoms with Crippen molar-refractivity contribution in [1.82, 2.24) is 0 Å². The van der Waals surface area contributed by atoms with Crippen molar-refractivity contribution in [1.29, 1.82) is 0 Å². The van der Waals surface area contributed by atoms with E-state index in [-0.39, 0.29) is 12.7 Å². The number of ether oxygens (including phenoxy) is 4. The lowest BCUT2D eigenvalue weighted by molar-refractivity contribution is 0.00371. The first kappa shape index (κ1) is 29.5. The molecule has 0 aromatic carbocycles. The van der Waals surface area contributed by atoms with E-state index >= 15 is 0 Å². The highest BCUT2D eigenvalue weighted by Crippen LogP contribution is 2.12. The summed E-state index contributed by atoms with van der Waals surface area (Å²) in [4.78, 5) is 23.5. The first-order chi connectivity index (χ1) is 14.8. The van der Waals surface area contributed by atoms with Gasteiger partial charge in [0.1, 0.15) is 6.10 Å². The van der Waals surface area contributed by atoms with E-state index < -0.39 is 12.3 Å². The van der Waals surface area contributed by atoms with E-state index in [0.717, 1.165) is 38.0 Å². The lowest BCUT2D eigenvalue weighted by Crippen LogP contribution is -2.22. The highest BCUT2D eigenvalue weighted by molar-refractivity contribution is 5.60. The second kappa shape index (κ2) is 20.4. The predicted molar refractivity (Wildman–Crippen MR) is 124 cm³/mol. The van der Waals surface area contributed by atoms with Crippen molar-refractivity contribution in [3.8, 4) is 0 Å². The zero-order valence-electron chi connectivity index (χ0n) is 20.8. The van der Waals surface area contributed by atoms with Crippen molar-refractivity contribution >= 4 is 12.3 Å². The van der Waals surface area contributed by atoms with Gasteiger partial charge in [-0.3, -0.25) is 0 Å². The first-order valence-corrected chi connectivity index (χ1v) is 12.5. The van der Waals surface area contributed by atoms with Crippen LogP contribution in [-0.4, -0.2) is 38.2 Å². The zero-order valence-corrected chi connectivity index (χ0v) is 20.8. The number of hydrogen-bond acceptors (Lipinski definition) is 6. The summed E-state index contributed by atoms with van der Waals surface area (Å²) in [7, 11) is 0. The molecule has 0 aliphatic carbocycles. The normalized spacial score (nSPS) is 12.1. The van der Waals surface area contributed by atoms with Gasteiger partial charge in [0.2, 0.25) is 0 Å². The number of hydrogen-bond donors (Lipinski definition) is 0. The van der Waals surface area contributed by atoms with Crippen LogP contribution in [0.15, 0.2) is 0 Å². The molecule has 1 unspecified atom stereocenters. The maximum Gasteiger partial charge on any atom is 0.508 e. The smallest absolute Gasteiger partial charge is 0.434 e. The second-order valence-electron chi connectivity index (χ2n) is 9.20. The van der Waals surface area contributed by atoms with Crippen LogP contribution in [0.2, 0.25) is 0 Å². The first-order valence-electron chi connectivity index (χ1n) is 12.5. The molecular weight excluding hydrogens is 396 g/mol. The van der Waals surface area contributed by atoms with Crippen LogP contribution in [-0.2, 0) is 18.9 Å². The average Bonchev–Trinajstić information content (AvgIpc) is 2.69. The summed E-state index contributed by atoms with van der Waals surface area (Å²) in [6.45, 7) is 11.7. The van der Waals surface area contributed by atoms with Crippen molar-refractivity contribution in [2.45, 2.75) is 118 Å². The van der Waals surface area contributed by atoms with Gasteiger partial charge in [-0.25, -0.2) is 9.59 Å². The Bertz CT molecular complexity index is 436. The van der Waals surface area contributed by atoms with Gasteiger partial charge in [-0.05, 0) is 37.5 Å². The van der Waals surface area contributed by atoms with Crippen LogP contribution < -0.4 is 0 Å². The van der Waals surface area contributed by atoms with E-state index in [1.54, 1.807) is 0 Å². The Morgan fingerprint density at radius 1 is 0.581 bits per heavy atom. The number of rotatable bonds is 19. The Balaban J connectivity index is 3.74. The van der Waals surface area contributed by atoms with Gasteiger partial charge in [-0.2, -0.15) is 0 Å². The molecule has 0 aliphatic heterocycles. The van der Waals surface area contributed by atoms with Crippen LogP contribution in [0.3, 0.4) is 0 Å². The summed E-state index contributed by atoms with van der Waals surface area (Å²) in [5.41, 5.74) is 0. The molecule has 31 heavy (non-hydrogen) atoms. The van der Waals surface area contributed by atoms with Crippen LogP contribution in [0.4, 0.5) is 9.59 Å². The topological polar surface area (TPSA) is 71.1 Å². The Labute approximate surface area is 190 Å². The molecule has 0 bridgehead atoms. The lowest BCUT2D eigenvalue weighted by atomic mass is 10.0. The van der Waals surface area contributed by atoms with Crippen molar-refractivity contribution in [2.24, 2.45) is 11.8 Å². The second-order valence-corrected chi connectivity index (χ2v) is 9.20. The Morgan fingerprint density at radius 2 is 1.10 bits per heavy atom. The predicted octanol–water partition coefficient (Wildman–Crippen LogP) is 7.67. The van der Waals surface area contributed by atoms with Crippen LogP contribution in [0.1, 0.15) is 112 Å². The minimum Gasteiger partial charge on any atom is -0.434 e. The maximum atomic E-state index is 11.8. The molecule has 6 heteroatoms. The minimum absolute atomic E-state index is 0.167. The van der Waals surface area contributed by atoms with E-state index in [9.17, 15) is 9.59 Å². The Morgan fingerprint density at radius 3 is 1.74 bits per heavy atom. The monoisotopic (exact) mass is 444 g/mol. The molecule has 1 atom stereocenters. The van der Waals surface area contributed by atoms with E-state index in [0.29, 0.717) is 32.0 Å². The lowest BCUT2D eigenvalue weighted by Gasteiger charge is -2.17. The molecule has 0 aromatic heterocycles. The molecule has 0 saturated heterocycles. The van der Waals surface area contributed by atoms with Gasteiger partial charge in [-0.15, -0.1) is 0 Å². The van der Waals surface area contributed by atoms with Crippen LogP contribution in [0.25, 0.3) is 0 Å². The van der Waals surface area contributed by atoms with Crippen molar-refractivity contribution < 1.29 is 28.5 Å². The summed E-state index contributed by atoms with van der Waals surface area (Å²) in [5.74, 6) is 1.38. The quantitative estimate of drug-likeness (QED) is 0.150. The number of unbranched alkanes of at least 4 members (excludes halogenated alkanes) is 5. The standard InChI is InChI=1S/C25H48O6/c1-6-14-23(31-25(27)29-19-13-16-22(4)5)17-20-30-24(26)28-18-12-10-8-7-9-11-15-21(2)3/h21-23H,6-20H2,1-5H3. The molecule has 0 amide bonds. The van der Waals surface area contributed by atoms with Crippen molar-refractivity contribution in [3.63, 3.8) is 0 Å².